The Labute approximate surface area is 124 Å². The lowest BCUT2D eigenvalue weighted by Crippen LogP contribution is -2.34. The second-order valence-corrected chi connectivity index (χ2v) is 4.87. The van der Waals surface area contributed by atoms with Crippen molar-refractivity contribution in [3.8, 4) is 11.1 Å². The minimum absolute atomic E-state index is 0. The second-order valence-electron chi connectivity index (χ2n) is 4.87. The fourth-order valence-electron chi connectivity index (χ4n) is 2.40. The molecule has 0 radical (unpaired) electrons. The molecule has 0 fully saturated rings. The molecule has 0 aromatic heterocycles. The summed E-state index contributed by atoms with van der Waals surface area (Å²) >= 11 is 0. The van der Waals surface area contributed by atoms with E-state index in [2.05, 4.69) is 23.5 Å². The molecule has 104 valence electrons. The SMILES string of the molecule is Cl.N[C@H]1CCc2cc(-c3ccccc3)ccc2NC1=O. The summed E-state index contributed by atoms with van der Waals surface area (Å²) in [6.45, 7) is 0. The summed E-state index contributed by atoms with van der Waals surface area (Å²) in [5.41, 5.74) is 10.2. The highest BCUT2D eigenvalue weighted by atomic mass is 35.5. The molecule has 0 aliphatic carbocycles. The zero-order valence-electron chi connectivity index (χ0n) is 11.0. The number of carbonyl (C=O) groups is 1. The van der Waals surface area contributed by atoms with Crippen molar-refractivity contribution < 1.29 is 4.79 Å². The van der Waals surface area contributed by atoms with Crippen LogP contribution in [0.4, 0.5) is 5.69 Å². The van der Waals surface area contributed by atoms with E-state index in [-0.39, 0.29) is 18.3 Å². The van der Waals surface area contributed by atoms with Crippen LogP contribution >= 0.6 is 12.4 Å². The van der Waals surface area contributed by atoms with E-state index in [1.54, 1.807) is 0 Å². The van der Waals surface area contributed by atoms with Crippen LogP contribution in [0.1, 0.15) is 12.0 Å². The Morgan fingerprint density at radius 1 is 1.05 bits per heavy atom. The molecular formula is C16H17ClN2O. The van der Waals surface area contributed by atoms with E-state index in [9.17, 15) is 4.79 Å². The molecule has 2 aromatic carbocycles. The van der Waals surface area contributed by atoms with Gasteiger partial charge in [0.15, 0.2) is 0 Å². The van der Waals surface area contributed by atoms with Crippen molar-refractivity contribution in [2.45, 2.75) is 18.9 Å². The molecule has 0 bridgehead atoms. The largest absolute Gasteiger partial charge is 0.324 e. The van der Waals surface area contributed by atoms with Crippen LogP contribution in [0.5, 0.6) is 0 Å². The number of benzene rings is 2. The standard InChI is InChI=1S/C16H16N2O.ClH/c17-14-8-6-13-10-12(11-4-2-1-3-5-11)7-9-15(13)18-16(14)19;/h1-5,7,9-10,14H,6,8,17H2,(H,18,19);1H/t14-;/m0./s1. The maximum atomic E-state index is 11.7. The third kappa shape index (κ3) is 2.84. The molecule has 0 saturated heterocycles. The third-order valence-electron chi connectivity index (χ3n) is 3.53. The number of carbonyl (C=O) groups excluding carboxylic acids is 1. The zero-order valence-corrected chi connectivity index (χ0v) is 11.8. The van der Waals surface area contributed by atoms with Crippen molar-refractivity contribution >= 4 is 24.0 Å². The summed E-state index contributed by atoms with van der Waals surface area (Å²) in [6.07, 6.45) is 1.52. The second kappa shape index (κ2) is 6.07. The number of fused-ring (bicyclic) bond motifs is 1. The van der Waals surface area contributed by atoms with Crippen LogP contribution < -0.4 is 11.1 Å². The molecule has 3 nitrogen and oxygen atoms in total. The highest BCUT2D eigenvalue weighted by Gasteiger charge is 2.20. The maximum Gasteiger partial charge on any atom is 0.241 e. The van der Waals surface area contributed by atoms with Crippen LogP contribution in [-0.4, -0.2) is 11.9 Å². The first-order chi connectivity index (χ1) is 9.24. The topological polar surface area (TPSA) is 55.1 Å². The van der Waals surface area contributed by atoms with Gasteiger partial charge in [0.25, 0.3) is 0 Å². The quantitative estimate of drug-likeness (QED) is 0.847. The number of nitrogens with one attached hydrogen (secondary N) is 1. The number of halogens is 1. The van der Waals surface area contributed by atoms with Gasteiger partial charge in [0.05, 0.1) is 6.04 Å². The van der Waals surface area contributed by atoms with Crippen molar-refractivity contribution in [1.82, 2.24) is 0 Å². The third-order valence-corrected chi connectivity index (χ3v) is 3.53. The number of amides is 1. The van der Waals surface area contributed by atoms with Gasteiger partial charge in [0.2, 0.25) is 5.91 Å². The molecule has 4 heteroatoms. The van der Waals surface area contributed by atoms with Crippen LogP contribution in [0.3, 0.4) is 0 Å². The zero-order chi connectivity index (χ0) is 13.2. The van der Waals surface area contributed by atoms with Crippen molar-refractivity contribution in [3.05, 3.63) is 54.1 Å². The number of hydrogen-bond acceptors (Lipinski definition) is 2. The first-order valence-electron chi connectivity index (χ1n) is 6.49. The smallest absolute Gasteiger partial charge is 0.241 e. The molecule has 3 N–H and O–H groups in total. The first kappa shape index (κ1) is 14.6. The molecule has 2 aromatic rings. The number of anilines is 1. The number of aryl methyl sites for hydroxylation is 1. The van der Waals surface area contributed by atoms with Gasteiger partial charge in [-0.05, 0) is 41.7 Å². The van der Waals surface area contributed by atoms with Gasteiger partial charge in [0, 0.05) is 5.69 Å². The minimum Gasteiger partial charge on any atom is -0.324 e. The highest BCUT2D eigenvalue weighted by molar-refractivity contribution is 5.96. The van der Waals surface area contributed by atoms with E-state index in [1.807, 2.05) is 30.3 Å². The molecule has 1 amide bonds. The summed E-state index contributed by atoms with van der Waals surface area (Å²) in [4.78, 5) is 11.7. The summed E-state index contributed by atoms with van der Waals surface area (Å²) in [6, 6.07) is 16.0. The summed E-state index contributed by atoms with van der Waals surface area (Å²) in [5, 5.41) is 2.89. The van der Waals surface area contributed by atoms with Crippen LogP contribution in [-0.2, 0) is 11.2 Å². The van der Waals surface area contributed by atoms with Gasteiger partial charge in [0.1, 0.15) is 0 Å². The fraction of sp³-hybridized carbons (Fsp3) is 0.188. The molecule has 1 atom stereocenters. The van der Waals surface area contributed by atoms with Gasteiger partial charge in [-0.3, -0.25) is 4.79 Å². The fourth-order valence-corrected chi connectivity index (χ4v) is 2.40. The molecule has 0 spiro atoms. The molecule has 0 saturated carbocycles. The van der Waals surface area contributed by atoms with Gasteiger partial charge < -0.3 is 11.1 Å². The summed E-state index contributed by atoms with van der Waals surface area (Å²) < 4.78 is 0. The number of nitrogens with two attached hydrogens (primary N) is 1. The summed E-state index contributed by atoms with van der Waals surface area (Å²) in [5.74, 6) is -0.0915. The van der Waals surface area contributed by atoms with Crippen molar-refractivity contribution in [3.63, 3.8) is 0 Å². The Bertz CT molecular complexity index is 613. The van der Waals surface area contributed by atoms with Crippen molar-refractivity contribution in [2.75, 3.05) is 5.32 Å². The Morgan fingerprint density at radius 3 is 2.55 bits per heavy atom. The molecule has 1 heterocycles. The summed E-state index contributed by atoms with van der Waals surface area (Å²) in [7, 11) is 0. The van der Waals surface area contributed by atoms with Gasteiger partial charge in [-0.25, -0.2) is 0 Å². The van der Waals surface area contributed by atoms with E-state index in [0.29, 0.717) is 6.42 Å². The lowest BCUT2D eigenvalue weighted by atomic mass is 9.99. The average Bonchev–Trinajstić information content (AvgIpc) is 2.59. The van der Waals surface area contributed by atoms with E-state index in [4.69, 9.17) is 5.73 Å². The Kier molecular flexibility index (Phi) is 4.42. The minimum atomic E-state index is -0.410. The Morgan fingerprint density at radius 2 is 1.80 bits per heavy atom. The van der Waals surface area contributed by atoms with Crippen LogP contribution in [0, 0.1) is 0 Å². The molecule has 3 rings (SSSR count). The van der Waals surface area contributed by atoms with Gasteiger partial charge >= 0.3 is 0 Å². The highest BCUT2D eigenvalue weighted by Crippen LogP contribution is 2.28. The van der Waals surface area contributed by atoms with Crippen molar-refractivity contribution in [1.29, 1.82) is 0 Å². The normalized spacial score (nSPS) is 17.4. The number of rotatable bonds is 1. The van der Waals surface area contributed by atoms with E-state index in [0.717, 1.165) is 17.7 Å². The molecular weight excluding hydrogens is 272 g/mol. The predicted octanol–water partition coefficient (Wildman–Crippen LogP) is 2.99. The number of hydrogen-bond donors (Lipinski definition) is 2. The van der Waals surface area contributed by atoms with Crippen LogP contribution in [0.15, 0.2) is 48.5 Å². The Balaban J connectivity index is 0.00000147. The first-order valence-corrected chi connectivity index (χ1v) is 6.49. The van der Waals surface area contributed by atoms with Crippen LogP contribution in [0.25, 0.3) is 11.1 Å². The van der Waals surface area contributed by atoms with Crippen LogP contribution in [0.2, 0.25) is 0 Å². The maximum absolute atomic E-state index is 11.7. The van der Waals surface area contributed by atoms with E-state index < -0.39 is 6.04 Å². The molecule has 1 aliphatic rings. The molecule has 0 unspecified atom stereocenters. The van der Waals surface area contributed by atoms with Gasteiger partial charge in [-0.2, -0.15) is 0 Å². The average molecular weight is 289 g/mol. The monoisotopic (exact) mass is 288 g/mol. The molecule has 1 aliphatic heterocycles. The lowest BCUT2D eigenvalue weighted by molar-refractivity contribution is -0.117. The lowest BCUT2D eigenvalue weighted by Gasteiger charge is -2.09. The van der Waals surface area contributed by atoms with Crippen molar-refractivity contribution in [2.24, 2.45) is 5.73 Å². The Hall–Kier alpha value is -1.84. The predicted molar refractivity (Wildman–Crippen MR) is 84.1 cm³/mol. The van der Waals surface area contributed by atoms with Gasteiger partial charge in [-0.15, -0.1) is 12.4 Å². The van der Waals surface area contributed by atoms with E-state index >= 15 is 0 Å². The molecule has 20 heavy (non-hydrogen) atoms. The van der Waals surface area contributed by atoms with E-state index in [1.165, 1.54) is 11.1 Å². The van der Waals surface area contributed by atoms with Gasteiger partial charge in [-0.1, -0.05) is 36.4 Å².